The SMILES string of the molecule is CC(C)(C)N(Cc1ccccc1)CC(O)c1ccc(O)c(NC=O)c1. The van der Waals surface area contributed by atoms with Gasteiger partial charge in [0.2, 0.25) is 6.41 Å². The van der Waals surface area contributed by atoms with Crippen molar-refractivity contribution in [2.24, 2.45) is 0 Å². The van der Waals surface area contributed by atoms with Crippen LogP contribution < -0.4 is 5.32 Å². The summed E-state index contributed by atoms with van der Waals surface area (Å²) in [6.45, 7) is 7.49. The van der Waals surface area contributed by atoms with Crippen molar-refractivity contribution >= 4 is 12.1 Å². The summed E-state index contributed by atoms with van der Waals surface area (Å²) in [4.78, 5) is 12.8. The number of aliphatic hydroxyl groups is 1. The zero-order valence-corrected chi connectivity index (χ0v) is 14.9. The summed E-state index contributed by atoms with van der Waals surface area (Å²) in [6.07, 6.45) is -0.238. The molecule has 0 heterocycles. The Labute approximate surface area is 148 Å². The summed E-state index contributed by atoms with van der Waals surface area (Å²) in [6, 6.07) is 14.9. The molecular formula is C20H26N2O3. The standard InChI is InChI=1S/C20H26N2O3/c1-20(2,3)22(12-15-7-5-4-6-8-15)13-19(25)16-9-10-18(24)17(11-16)21-14-23/h4-11,14,19,24-25H,12-13H2,1-3H3,(H,21,23). The van der Waals surface area contributed by atoms with Crippen molar-refractivity contribution in [1.82, 2.24) is 4.90 Å². The molecule has 5 heteroatoms. The van der Waals surface area contributed by atoms with Gasteiger partial charge in [-0.15, -0.1) is 0 Å². The molecular weight excluding hydrogens is 316 g/mol. The van der Waals surface area contributed by atoms with Gasteiger partial charge in [0.1, 0.15) is 5.75 Å². The smallest absolute Gasteiger partial charge is 0.211 e. The lowest BCUT2D eigenvalue weighted by Gasteiger charge is -2.37. The fraction of sp³-hybridized carbons (Fsp3) is 0.350. The maximum absolute atomic E-state index is 10.7. The van der Waals surface area contributed by atoms with E-state index >= 15 is 0 Å². The Hall–Kier alpha value is -2.37. The normalized spacial score (nSPS) is 12.8. The summed E-state index contributed by atoms with van der Waals surface area (Å²) >= 11 is 0. The van der Waals surface area contributed by atoms with Crippen LogP contribution in [-0.4, -0.2) is 33.6 Å². The Morgan fingerprint density at radius 3 is 2.44 bits per heavy atom. The van der Waals surface area contributed by atoms with Gasteiger partial charge >= 0.3 is 0 Å². The van der Waals surface area contributed by atoms with E-state index in [-0.39, 0.29) is 17.0 Å². The van der Waals surface area contributed by atoms with Gasteiger partial charge in [0.25, 0.3) is 0 Å². The molecule has 1 unspecified atom stereocenters. The van der Waals surface area contributed by atoms with Gasteiger partial charge in [-0.2, -0.15) is 0 Å². The summed E-state index contributed by atoms with van der Waals surface area (Å²) in [7, 11) is 0. The number of aliphatic hydroxyl groups excluding tert-OH is 1. The molecule has 0 aromatic heterocycles. The maximum atomic E-state index is 10.7. The van der Waals surface area contributed by atoms with E-state index in [1.165, 1.54) is 11.6 Å². The van der Waals surface area contributed by atoms with Crippen LogP contribution in [0.15, 0.2) is 48.5 Å². The number of carbonyl (C=O) groups is 1. The monoisotopic (exact) mass is 342 g/mol. The molecule has 1 atom stereocenters. The number of nitrogens with zero attached hydrogens (tertiary/aromatic N) is 1. The largest absolute Gasteiger partial charge is 0.506 e. The number of phenolic OH excluding ortho intramolecular Hbond substituents is 1. The number of phenols is 1. The van der Waals surface area contributed by atoms with Gasteiger partial charge < -0.3 is 15.5 Å². The number of aromatic hydroxyl groups is 1. The Balaban J connectivity index is 2.18. The highest BCUT2D eigenvalue weighted by Crippen LogP contribution is 2.28. The van der Waals surface area contributed by atoms with Gasteiger partial charge in [-0.25, -0.2) is 0 Å². The second-order valence-electron chi connectivity index (χ2n) is 7.09. The number of amides is 1. The van der Waals surface area contributed by atoms with Crippen LogP contribution in [0.25, 0.3) is 0 Å². The van der Waals surface area contributed by atoms with E-state index < -0.39 is 6.10 Å². The molecule has 2 rings (SSSR count). The van der Waals surface area contributed by atoms with Crippen molar-refractivity contribution < 1.29 is 15.0 Å². The third-order valence-electron chi connectivity index (χ3n) is 4.18. The lowest BCUT2D eigenvalue weighted by Crippen LogP contribution is -2.43. The van der Waals surface area contributed by atoms with Crippen LogP contribution in [-0.2, 0) is 11.3 Å². The Kier molecular flexibility index (Phi) is 6.17. The first-order chi connectivity index (χ1) is 11.8. The zero-order valence-electron chi connectivity index (χ0n) is 14.9. The number of carbonyl (C=O) groups excluding carboxylic acids is 1. The third-order valence-corrected chi connectivity index (χ3v) is 4.18. The first kappa shape index (κ1) is 19.0. The molecule has 25 heavy (non-hydrogen) atoms. The quantitative estimate of drug-likeness (QED) is 0.533. The van der Waals surface area contributed by atoms with E-state index in [9.17, 15) is 15.0 Å². The molecule has 3 N–H and O–H groups in total. The molecule has 1 amide bonds. The number of β-amino-alcohol motifs (C(OH)–C–C–N with tert-alkyl or cyclic N) is 1. The van der Waals surface area contributed by atoms with Crippen molar-refractivity contribution in [2.45, 2.75) is 39.0 Å². The van der Waals surface area contributed by atoms with Gasteiger partial charge in [-0.1, -0.05) is 36.4 Å². The van der Waals surface area contributed by atoms with E-state index in [2.05, 4.69) is 43.1 Å². The number of anilines is 1. The molecule has 2 aromatic carbocycles. The summed E-state index contributed by atoms with van der Waals surface area (Å²) in [5.41, 5.74) is 1.98. The molecule has 2 aromatic rings. The second kappa shape index (κ2) is 8.14. The van der Waals surface area contributed by atoms with Crippen LogP contribution in [0.2, 0.25) is 0 Å². The van der Waals surface area contributed by atoms with Crippen molar-refractivity contribution in [1.29, 1.82) is 0 Å². The van der Waals surface area contributed by atoms with Gasteiger partial charge in [0, 0.05) is 18.6 Å². The van der Waals surface area contributed by atoms with Crippen LogP contribution in [0, 0.1) is 0 Å². The van der Waals surface area contributed by atoms with Crippen LogP contribution in [0.1, 0.15) is 38.0 Å². The second-order valence-corrected chi connectivity index (χ2v) is 7.09. The molecule has 5 nitrogen and oxygen atoms in total. The van der Waals surface area contributed by atoms with E-state index in [1.807, 2.05) is 18.2 Å². The van der Waals surface area contributed by atoms with E-state index in [0.717, 1.165) is 6.54 Å². The average Bonchev–Trinajstić information content (AvgIpc) is 2.56. The van der Waals surface area contributed by atoms with E-state index in [0.29, 0.717) is 18.5 Å². The molecule has 0 fully saturated rings. The molecule has 0 radical (unpaired) electrons. The molecule has 0 saturated carbocycles. The van der Waals surface area contributed by atoms with Crippen molar-refractivity contribution in [3.05, 3.63) is 59.7 Å². The lowest BCUT2D eigenvalue weighted by atomic mass is 10.0. The predicted molar refractivity (Wildman–Crippen MR) is 99.4 cm³/mol. The number of rotatable bonds is 7. The van der Waals surface area contributed by atoms with Crippen LogP contribution in [0.3, 0.4) is 0 Å². The minimum absolute atomic E-state index is 0.0278. The predicted octanol–water partition coefficient (Wildman–Crippen LogP) is 3.29. The number of hydrogen-bond acceptors (Lipinski definition) is 4. The number of benzene rings is 2. The molecule has 0 aliphatic carbocycles. The molecule has 0 aliphatic rings. The minimum Gasteiger partial charge on any atom is -0.506 e. The molecule has 0 aliphatic heterocycles. The van der Waals surface area contributed by atoms with Crippen molar-refractivity contribution in [2.75, 3.05) is 11.9 Å². The summed E-state index contributed by atoms with van der Waals surface area (Å²) in [5, 5.41) is 22.9. The first-order valence-corrected chi connectivity index (χ1v) is 8.31. The Bertz CT molecular complexity index is 696. The third kappa shape index (κ3) is 5.31. The first-order valence-electron chi connectivity index (χ1n) is 8.31. The topological polar surface area (TPSA) is 72.8 Å². The van der Waals surface area contributed by atoms with Crippen molar-refractivity contribution in [3.63, 3.8) is 0 Å². The van der Waals surface area contributed by atoms with Gasteiger partial charge in [-0.05, 0) is 44.0 Å². The minimum atomic E-state index is -0.740. The molecule has 0 saturated heterocycles. The molecule has 0 bridgehead atoms. The fourth-order valence-corrected chi connectivity index (χ4v) is 2.63. The van der Waals surface area contributed by atoms with Crippen LogP contribution >= 0.6 is 0 Å². The lowest BCUT2D eigenvalue weighted by molar-refractivity contribution is -0.105. The van der Waals surface area contributed by atoms with Gasteiger partial charge in [0.15, 0.2) is 0 Å². The van der Waals surface area contributed by atoms with Gasteiger partial charge in [0.05, 0.1) is 11.8 Å². The number of nitrogens with one attached hydrogen (secondary N) is 1. The van der Waals surface area contributed by atoms with E-state index in [1.54, 1.807) is 12.1 Å². The highest BCUT2D eigenvalue weighted by atomic mass is 16.3. The van der Waals surface area contributed by atoms with E-state index in [4.69, 9.17) is 0 Å². The summed E-state index contributed by atoms with van der Waals surface area (Å²) < 4.78 is 0. The maximum Gasteiger partial charge on any atom is 0.211 e. The Morgan fingerprint density at radius 1 is 1.16 bits per heavy atom. The summed E-state index contributed by atoms with van der Waals surface area (Å²) in [5.74, 6) is -0.0278. The molecule has 0 spiro atoms. The highest BCUT2D eigenvalue weighted by Gasteiger charge is 2.25. The average molecular weight is 342 g/mol. The fourth-order valence-electron chi connectivity index (χ4n) is 2.63. The Morgan fingerprint density at radius 2 is 1.84 bits per heavy atom. The van der Waals surface area contributed by atoms with Gasteiger partial charge in [-0.3, -0.25) is 9.69 Å². The molecule has 134 valence electrons. The zero-order chi connectivity index (χ0) is 18.4. The van der Waals surface area contributed by atoms with Crippen LogP contribution in [0.5, 0.6) is 5.75 Å². The van der Waals surface area contributed by atoms with Crippen LogP contribution in [0.4, 0.5) is 5.69 Å². The number of hydrogen-bond donors (Lipinski definition) is 3. The van der Waals surface area contributed by atoms with Crippen molar-refractivity contribution in [3.8, 4) is 5.75 Å². The highest BCUT2D eigenvalue weighted by molar-refractivity contribution is 5.75.